The Kier molecular flexibility index (Phi) is 4.09. The van der Waals surface area contributed by atoms with Crippen molar-refractivity contribution in [1.29, 1.82) is 0 Å². The first-order valence-electron chi connectivity index (χ1n) is 6.06. The minimum absolute atomic E-state index is 0.0610. The van der Waals surface area contributed by atoms with Crippen molar-refractivity contribution >= 4 is 11.7 Å². The average Bonchev–Trinajstić information content (AvgIpc) is 2.46. The minimum Gasteiger partial charge on any atom is -0.381 e. The van der Waals surface area contributed by atoms with Crippen LogP contribution >= 0.6 is 0 Å². The molecule has 0 unspecified atom stereocenters. The van der Waals surface area contributed by atoms with E-state index in [2.05, 4.69) is 15.3 Å². The van der Waals surface area contributed by atoms with Crippen LogP contribution in [0.4, 0.5) is 5.82 Å². The second kappa shape index (κ2) is 5.77. The molecule has 1 aromatic heterocycles. The molecule has 1 aliphatic rings. The van der Waals surface area contributed by atoms with Gasteiger partial charge in [0.1, 0.15) is 11.5 Å². The molecule has 1 aliphatic heterocycles. The van der Waals surface area contributed by atoms with E-state index in [1.165, 1.54) is 6.20 Å². The molecule has 0 bridgehead atoms. The monoisotopic (exact) mass is 250 g/mol. The molecule has 0 aliphatic carbocycles. The molecular weight excluding hydrogens is 232 g/mol. The minimum atomic E-state index is -0.0610. The highest BCUT2D eigenvalue weighted by molar-refractivity contribution is 5.92. The normalized spacial score (nSPS) is 16.7. The summed E-state index contributed by atoms with van der Waals surface area (Å²) in [5, 5.41) is 2.88. The third kappa shape index (κ3) is 2.76. The van der Waals surface area contributed by atoms with E-state index >= 15 is 0 Å². The van der Waals surface area contributed by atoms with E-state index in [4.69, 9.17) is 4.74 Å². The van der Waals surface area contributed by atoms with Crippen LogP contribution in [-0.4, -0.2) is 54.1 Å². The second-order valence-corrected chi connectivity index (χ2v) is 4.27. The van der Waals surface area contributed by atoms with Gasteiger partial charge in [0.25, 0.3) is 5.91 Å². The lowest BCUT2D eigenvalue weighted by Gasteiger charge is -2.30. The lowest BCUT2D eigenvalue weighted by atomic mass is 10.1. The number of aromatic nitrogens is 2. The van der Waals surface area contributed by atoms with Crippen LogP contribution in [0.15, 0.2) is 12.4 Å². The summed E-state index contributed by atoms with van der Waals surface area (Å²) in [6.45, 7) is 1.42. The van der Waals surface area contributed by atoms with Crippen molar-refractivity contribution in [3.63, 3.8) is 0 Å². The van der Waals surface area contributed by atoms with Crippen LogP contribution in [0, 0.1) is 0 Å². The SMILES string of the molecule is CNc1cncc(C(=O)N2CCC(OC)CC2)n1. The number of methoxy groups -OCH3 is 1. The topological polar surface area (TPSA) is 67.4 Å². The van der Waals surface area contributed by atoms with Crippen molar-refractivity contribution in [1.82, 2.24) is 14.9 Å². The van der Waals surface area contributed by atoms with E-state index in [9.17, 15) is 4.79 Å². The van der Waals surface area contributed by atoms with Crippen molar-refractivity contribution in [2.24, 2.45) is 0 Å². The molecule has 1 fully saturated rings. The molecule has 0 atom stereocenters. The van der Waals surface area contributed by atoms with E-state index in [0.29, 0.717) is 24.6 Å². The Labute approximate surface area is 106 Å². The highest BCUT2D eigenvalue weighted by Gasteiger charge is 2.24. The van der Waals surface area contributed by atoms with Crippen LogP contribution in [0.3, 0.4) is 0 Å². The predicted molar refractivity (Wildman–Crippen MR) is 67.5 cm³/mol. The Hall–Kier alpha value is -1.69. The number of piperidine rings is 1. The molecule has 1 aromatic rings. The summed E-state index contributed by atoms with van der Waals surface area (Å²) >= 11 is 0. The van der Waals surface area contributed by atoms with Crippen LogP contribution in [0.1, 0.15) is 23.3 Å². The zero-order valence-corrected chi connectivity index (χ0v) is 10.7. The summed E-state index contributed by atoms with van der Waals surface area (Å²) in [4.78, 5) is 22.2. The number of anilines is 1. The number of carbonyl (C=O) groups excluding carboxylic acids is 1. The van der Waals surface area contributed by atoms with E-state index in [1.807, 2.05) is 0 Å². The Bertz CT molecular complexity index is 416. The van der Waals surface area contributed by atoms with Gasteiger partial charge in [0.15, 0.2) is 0 Å². The zero-order chi connectivity index (χ0) is 13.0. The van der Waals surface area contributed by atoms with Gasteiger partial charge in [-0.15, -0.1) is 0 Å². The molecule has 6 nitrogen and oxygen atoms in total. The van der Waals surface area contributed by atoms with Crippen molar-refractivity contribution in [3.8, 4) is 0 Å². The number of likely N-dealkylation sites (tertiary alicyclic amines) is 1. The van der Waals surface area contributed by atoms with Gasteiger partial charge in [-0.3, -0.25) is 9.78 Å². The van der Waals surface area contributed by atoms with Crippen molar-refractivity contribution in [2.45, 2.75) is 18.9 Å². The molecule has 1 saturated heterocycles. The maximum absolute atomic E-state index is 12.2. The Morgan fingerprint density at radius 2 is 2.17 bits per heavy atom. The molecule has 2 rings (SSSR count). The fourth-order valence-electron chi connectivity index (χ4n) is 2.05. The van der Waals surface area contributed by atoms with Gasteiger partial charge >= 0.3 is 0 Å². The van der Waals surface area contributed by atoms with Gasteiger partial charge in [0.2, 0.25) is 0 Å². The molecule has 1 amide bonds. The van der Waals surface area contributed by atoms with Gasteiger partial charge in [-0.1, -0.05) is 0 Å². The first-order valence-corrected chi connectivity index (χ1v) is 6.06. The number of carbonyl (C=O) groups is 1. The molecule has 0 saturated carbocycles. The lowest BCUT2D eigenvalue weighted by molar-refractivity contribution is 0.0347. The maximum Gasteiger partial charge on any atom is 0.274 e. The highest BCUT2D eigenvalue weighted by atomic mass is 16.5. The number of ether oxygens (including phenoxy) is 1. The van der Waals surface area contributed by atoms with Gasteiger partial charge in [-0.2, -0.15) is 0 Å². The van der Waals surface area contributed by atoms with Crippen LogP contribution in [0.25, 0.3) is 0 Å². The largest absolute Gasteiger partial charge is 0.381 e. The molecular formula is C12H18N4O2. The molecule has 6 heteroatoms. The number of hydrogen-bond donors (Lipinski definition) is 1. The number of rotatable bonds is 3. The second-order valence-electron chi connectivity index (χ2n) is 4.27. The van der Waals surface area contributed by atoms with Crippen LogP contribution < -0.4 is 5.32 Å². The predicted octanol–water partition coefficient (Wildman–Crippen LogP) is 0.769. The highest BCUT2D eigenvalue weighted by Crippen LogP contribution is 2.15. The quantitative estimate of drug-likeness (QED) is 0.858. The van der Waals surface area contributed by atoms with Crippen molar-refractivity contribution < 1.29 is 9.53 Å². The number of nitrogens with zero attached hydrogens (tertiary/aromatic N) is 3. The van der Waals surface area contributed by atoms with Gasteiger partial charge in [0, 0.05) is 27.2 Å². The molecule has 18 heavy (non-hydrogen) atoms. The number of nitrogens with one attached hydrogen (secondary N) is 1. The van der Waals surface area contributed by atoms with Crippen molar-refractivity contribution in [2.75, 3.05) is 32.6 Å². The lowest BCUT2D eigenvalue weighted by Crippen LogP contribution is -2.41. The molecule has 0 radical (unpaired) electrons. The van der Waals surface area contributed by atoms with Gasteiger partial charge in [-0.05, 0) is 12.8 Å². The zero-order valence-electron chi connectivity index (χ0n) is 10.7. The molecule has 98 valence electrons. The van der Waals surface area contributed by atoms with Crippen LogP contribution in [-0.2, 0) is 4.74 Å². The Morgan fingerprint density at radius 1 is 1.44 bits per heavy atom. The summed E-state index contributed by atoms with van der Waals surface area (Å²) in [7, 11) is 3.46. The fourth-order valence-corrected chi connectivity index (χ4v) is 2.05. The molecule has 0 spiro atoms. The summed E-state index contributed by atoms with van der Waals surface area (Å²) in [6.07, 6.45) is 5.12. The van der Waals surface area contributed by atoms with Gasteiger partial charge in [-0.25, -0.2) is 4.98 Å². The summed E-state index contributed by atoms with van der Waals surface area (Å²) < 4.78 is 5.29. The Balaban J connectivity index is 2.03. The maximum atomic E-state index is 12.2. The summed E-state index contributed by atoms with van der Waals surface area (Å²) in [5.74, 6) is 0.543. The average molecular weight is 250 g/mol. The van der Waals surface area contributed by atoms with E-state index in [0.717, 1.165) is 12.8 Å². The number of amides is 1. The number of hydrogen-bond acceptors (Lipinski definition) is 5. The summed E-state index contributed by atoms with van der Waals surface area (Å²) in [6, 6.07) is 0. The third-order valence-corrected chi connectivity index (χ3v) is 3.17. The summed E-state index contributed by atoms with van der Waals surface area (Å²) in [5.41, 5.74) is 0.387. The first kappa shape index (κ1) is 12.8. The molecule has 1 N–H and O–H groups in total. The van der Waals surface area contributed by atoms with Crippen molar-refractivity contribution in [3.05, 3.63) is 18.1 Å². The van der Waals surface area contributed by atoms with E-state index in [1.54, 1.807) is 25.3 Å². The third-order valence-electron chi connectivity index (χ3n) is 3.17. The Morgan fingerprint density at radius 3 is 2.78 bits per heavy atom. The fraction of sp³-hybridized carbons (Fsp3) is 0.583. The van der Waals surface area contributed by atoms with Gasteiger partial charge in [0.05, 0.1) is 18.5 Å². The molecule has 0 aromatic carbocycles. The van der Waals surface area contributed by atoms with Gasteiger partial charge < -0.3 is 15.0 Å². The smallest absolute Gasteiger partial charge is 0.274 e. The van der Waals surface area contributed by atoms with Crippen LogP contribution in [0.2, 0.25) is 0 Å². The first-order chi connectivity index (χ1) is 8.74. The molecule has 2 heterocycles. The van der Waals surface area contributed by atoms with Crippen LogP contribution in [0.5, 0.6) is 0 Å². The standard InChI is InChI=1S/C12H18N4O2/c1-13-11-8-14-7-10(15-11)12(17)16-5-3-9(18-2)4-6-16/h7-9H,3-6H2,1-2H3,(H,13,15). The van der Waals surface area contributed by atoms with E-state index < -0.39 is 0 Å². The van der Waals surface area contributed by atoms with E-state index in [-0.39, 0.29) is 12.0 Å².